The van der Waals surface area contributed by atoms with E-state index in [1.807, 2.05) is 0 Å². The second kappa shape index (κ2) is 7.52. The second-order valence-corrected chi connectivity index (χ2v) is 5.67. The highest BCUT2D eigenvalue weighted by molar-refractivity contribution is 9.09. The Bertz CT molecular complexity index is 510. The molecular formula is C13H20BrN3O3. The standard InChI is InChI=1S/C13H20BrN3O3/c1-3-5-13(9-14,6-4-2)10-16-8-11(17(19)20)7-15-12(16)18/h7-8H,3-6,9-10H2,1-2H3. The lowest BCUT2D eigenvalue weighted by molar-refractivity contribution is -0.385. The van der Waals surface area contributed by atoms with Gasteiger partial charge in [-0.25, -0.2) is 4.79 Å². The Kier molecular flexibility index (Phi) is 6.32. The predicted molar refractivity (Wildman–Crippen MR) is 81.2 cm³/mol. The molecule has 1 heterocycles. The third-order valence-corrected chi connectivity index (χ3v) is 4.59. The maximum Gasteiger partial charge on any atom is 0.347 e. The molecule has 0 N–H and O–H groups in total. The molecule has 0 aliphatic rings. The first-order valence-electron chi connectivity index (χ1n) is 6.75. The van der Waals surface area contributed by atoms with Crippen LogP contribution in [-0.4, -0.2) is 19.8 Å². The number of hydrogen-bond donors (Lipinski definition) is 0. The fourth-order valence-corrected chi connectivity index (χ4v) is 3.27. The summed E-state index contributed by atoms with van der Waals surface area (Å²) >= 11 is 3.53. The number of halogens is 1. The van der Waals surface area contributed by atoms with E-state index in [-0.39, 0.29) is 11.1 Å². The molecule has 0 fully saturated rings. The number of aromatic nitrogens is 2. The molecule has 0 saturated carbocycles. The van der Waals surface area contributed by atoms with Crippen molar-refractivity contribution in [3.05, 3.63) is 33.0 Å². The van der Waals surface area contributed by atoms with Gasteiger partial charge in [-0.1, -0.05) is 42.6 Å². The molecule has 112 valence electrons. The molecule has 7 heteroatoms. The normalized spacial score (nSPS) is 11.6. The Morgan fingerprint density at radius 3 is 2.45 bits per heavy atom. The fraction of sp³-hybridized carbons (Fsp3) is 0.692. The van der Waals surface area contributed by atoms with Gasteiger partial charge >= 0.3 is 11.4 Å². The molecule has 1 aromatic heterocycles. The minimum absolute atomic E-state index is 0.0652. The first-order chi connectivity index (χ1) is 9.48. The lowest BCUT2D eigenvalue weighted by Crippen LogP contribution is -2.34. The topological polar surface area (TPSA) is 78.0 Å². The van der Waals surface area contributed by atoms with Crippen molar-refractivity contribution in [2.45, 2.75) is 46.1 Å². The van der Waals surface area contributed by atoms with Gasteiger partial charge in [0.1, 0.15) is 6.20 Å². The summed E-state index contributed by atoms with van der Waals surface area (Å²) in [5.41, 5.74) is -0.654. The van der Waals surface area contributed by atoms with Crippen molar-refractivity contribution in [1.29, 1.82) is 0 Å². The molecule has 0 unspecified atom stereocenters. The molecule has 20 heavy (non-hydrogen) atoms. The van der Waals surface area contributed by atoms with Gasteiger partial charge in [0, 0.05) is 11.9 Å². The molecule has 6 nitrogen and oxygen atoms in total. The summed E-state index contributed by atoms with van der Waals surface area (Å²) in [5.74, 6) is 0. The van der Waals surface area contributed by atoms with E-state index in [1.54, 1.807) is 0 Å². The third-order valence-electron chi connectivity index (χ3n) is 3.40. The second-order valence-electron chi connectivity index (χ2n) is 5.11. The van der Waals surface area contributed by atoms with Crippen LogP contribution in [0.1, 0.15) is 39.5 Å². The summed E-state index contributed by atoms with van der Waals surface area (Å²) in [6.45, 7) is 4.65. The monoisotopic (exact) mass is 345 g/mol. The Morgan fingerprint density at radius 1 is 1.40 bits per heavy atom. The lowest BCUT2D eigenvalue weighted by Gasteiger charge is -2.32. The van der Waals surface area contributed by atoms with Crippen LogP contribution < -0.4 is 5.69 Å². The van der Waals surface area contributed by atoms with Gasteiger partial charge in [-0.05, 0) is 18.3 Å². The Labute approximate surface area is 126 Å². The van der Waals surface area contributed by atoms with Crippen LogP contribution in [0.2, 0.25) is 0 Å². The molecule has 0 radical (unpaired) electrons. The van der Waals surface area contributed by atoms with Crippen molar-refractivity contribution in [3.8, 4) is 0 Å². The highest BCUT2D eigenvalue weighted by Gasteiger charge is 2.28. The van der Waals surface area contributed by atoms with E-state index in [0.717, 1.165) is 37.2 Å². The minimum Gasteiger partial charge on any atom is -0.292 e. The molecule has 0 bridgehead atoms. The van der Waals surface area contributed by atoms with Gasteiger partial charge in [-0.3, -0.25) is 14.7 Å². The first kappa shape index (κ1) is 16.8. The van der Waals surface area contributed by atoms with Crippen molar-refractivity contribution in [1.82, 2.24) is 9.55 Å². The zero-order valence-electron chi connectivity index (χ0n) is 11.8. The van der Waals surface area contributed by atoms with Crippen molar-refractivity contribution in [3.63, 3.8) is 0 Å². The maximum absolute atomic E-state index is 11.8. The number of nitro groups is 1. The predicted octanol–water partition coefficient (Wildman–Crippen LogP) is 3.13. The lowest BCUT2D eigenvalue weighted by atomic mass is 9.81. The van der Waals surface area contributed by atoms with Crippen LogP contribution in [0.5, 0.6) is 0 Å². The van der Waals surface area contributed by atoms with Crippen molar-refractivity contribution in [2.24, 2.45) is 5.41 Å². The number of hydrogen-bond acceptors (Lipinski definition) is 4. The highest BCUT2D eigenvalue weighted by atomic mass is 79.9. The van der Waals surface area contributed by atoms with Crippen LogP contribution >= 0.6 is 15.9 Å². The van der Waals surface area contributed by atoms with E-state index >= 15 is 0 Å². The van der Waals surface area contributed by atoms with E-state index in [0.29, 0.717) is 6.54 Å². The van der Waals surface area contributed by atoms with Gasteiger partial charge in [0.05, 0.1) is 11.1 Å². The number of alkyl halides is 1. The summed E-state index contributed by atoms with van der Waals surface area (Å²) < 4.78 is 1.37. The van der Waals surface area contributed by atoms with Crippen molar-refractivity contribution < 1.29 is 4.92 Å². The molecule has 0 atom stereocenters. The van der Waals surface area contributed by atoms with Crippen molar-refractivity contribution in [2.75, 3.05) is 5.33 Å². The van der Waals surface area contributed by atoms with Crippen LogP contribution in [0, 0.1) is 15.5 Å². The van der Waals surface area contributed by atoms with Crippen LogP contribution in [-0.2, 0) is 6.54 Å². The third kappa shape index (κ3) is 4.13. The highest BCUT2D eigenvalue weighted by Crippen LogP contribution is 2.33. The summed E-state index contributed by atoms with van der Waals surface area (Å²) in [6, 6.07) is 0. The van der Waals surface area contributed by atoms with Gasteiger partial charge in [0.15, 0.2) is 0 Å². The molecule has 1 aromatic rings. The van der Waals surface area contributed by atoms with E-state index in [2.05, 4.69) is 34.8 Å². The largest absolute Gasteiger partial charge is 0.347 e. The smallest absolute Gasteiger partial charge is 0.292 e. The van der Waals surface area contributed by atoms with E-state index < -0.39 is 10.6 Å². The average Bonchev–Trinajstić information content (AvgIpc) is 2.41. The van der Waals surface area contributed by atoms with Crippen LogP contribution in [0.4, 0.5) is 5.69 Å². The maximum atomic E-state index is 11.8. The van der Waals surface area contributed by atoms with E-state index in [1.165, 1.54) is 10.8 Å². The zero-order chi connectivity index (χ0) is 15.2. The van der Waals surface area contributed by atoms with Crippen LogP contribution in [0.15, 0.2) is 17.2 Å². The fourth-order valence-electron chi connectivity index (χ4n) is 2.53. The molecule has 0 aliphatic heterocycles. The van der Waals surface area contributed by atoms with Gasteiger partial charge in [-0.2, -0.15) is 4.98 Å². The minimum atomic E-state index is -0.529. The number of rotatable bonds is 8. The first-order valence-corrected chi connectivity index (χ1v) is 7.87. The van der Waals surface area contributed by atoms with Crippen LogP contribution in [0.3, 0.4) is 0 Å². The summed E-state index contributed by atoms with van der Waals surface area (Å²) in [7, 11) is 0. The summed E-state index contributed by atoms with van der Waals surface area (Å²) in [4.78, 5) is 25.7. The zero-order valence-corrected chi connectivity index (χ0v) is 13.4. The van der Waals surface area contributed by atoms with Gasteiger partial charge in [0.2, 0.25) is 0 Å². The molecule has 0 aromatic carbocycles. The van der Waals surface area contributed by atoms with E-state index in [4.69, 9.17) is 0 Å². The average molecular weight is 346 g/mol. The number of nitrogens with zero attached hydrogens (tertiary/aromatic N) is 3. The quantitative estimate of drug-likeness (QED) is 0.412. The van der Waals surface area contributed by atoms with Crippen molar-refractivity contribution >= 4 is 21.6 Å². The summed E-state index contributed by atoms with van der Waals surface area (Å²) in [6.07, 6.45) is 6.22. The molecule has 0 spiro atoms. The molecule has 0 amide bonds. The molecular weight excluding hydrogens is 326 g/mol. The van der Waals surface area contributed by atoms with Crippen LogP contribution in [0.25, 0.3) is 0 Å². The van der Waals surface area contributed by atoms with Gasteiger partial charge in [0.25, 0.3) is 0 Å². The van der Waals surface area contributed by atoms with Gasteiger partial charge < -0.3 is 0 Å². The Morgan fingerprint density at radius 2 is 2.00 bits per heavy atom. The Balaban J connectivity index is 3.12. The van der Waals surface area contributed by atoms with Gasteiger partial charge in [-0.15, -0.1) is 0 Å². The molecule has 0 aliphatic carbocycles. The molecule has 0 saturated heterocycles. The summed E-state index contributed by atoms with van der Waals surface area (Å²) in [5, 5.41) is 11.6. The SMILES string of the molecule is CCCC(CBr)(CCC)Cn1cc([N+](=O)[O-])cnc1=O. The Hall–Kier alpha value is -1.24. The van der Waals surface area contributed by atoms with E-state index in [9.17, 15) is 14.9 Å². The molecule has 1 rings (SSSR count).